The van der Waals surface area contributed by atoms with Crippen LogP contribution in [0.15, 0.2) is 36.4 Å². The number of hydrogen-bond donors (Lipinski definition) is 1. The zero-order valence-electron chi connectivity index (χ0n) is 21.4. The number of benzene rings is 1. The second-order valence-electron chi connectivity index (χ2n) is 8.98. The third kappa shape index (κ3) is 10.1. The van der Waals surface area contributed by atoms with Crippen molar-refractivity contribution in [2.75, 3.05) is 7.11 Å². The van der Waals surface area contributed by atoms with Crippen molar-refractivity contribution >= 4 is 23.8 Å². The summed E-state index contributed by atoms with van der Waals surface area (Å²) in [5.41, 5.74) is 0.623. The lowest BCUT2D eigenvalue weighted by atomic mass is 9.98. The summed E-state index contributed by atoms with van der Waals surface area (Å²) in [5, 5.41) is 2.45. The molecule has 1 amide bonds. The summed E-state index contributed by atoms with van der Waals surface area (Å²) in [4.78, 5) is 49.2. The molecule has 0 aliphatic heterocycles. The minimum atomic E-state index is -1.24. The van der Waals surface area contributed by atoms with Gasteiger partial charge in [0.2, 0.25) is 5.91 Å². The fourth-order valence-electron chi connectivity index (χ4n) is 3.88. The number of ether oxygens (including phenoxy) is 4. The molecule has 2 unspecified atom stereocenters. The molecule has 2 atom stereocenters. The molecule has 0 aromatic heterocycles. The van der Waals surface area contributed by atoms with Crippen molar-refractivity contribution in [1.29, 1.82) is 0 Å². The maximum Gasteiger partial charge on any atom is 0.334 e. The zero-order valence-corrected chi connectivity index (χ0v) is 21.4. The Hall–Kier alpha value is -3.36. The second kappa shape index (κ2) is 14.9. The van der Waals surface area contributed by atoms with Crippen LogP contribution in [0.4, 0.5) is 0 Å². The fourth-order valence-corrected chi connectivity index (χ4v) is 3.88. The van der Waals surface area contributed by atoms with E-state index in [2.05, 4.69) is 11.9 Å². The van der Waals surface area contributed by atoms with E-state index in [0.717, 1.165) is 38.5 Å². The van der Waals surface area contributed by atoms with E-state index in [1.807, 2.05) is 0 Å². The van der Waals surface area contributed by atoms with Crippen LogP contribution in [0.2, 0.25) is 0 Å². The smallest absolute Gasteiger partial charge is 0.334 e. The summed E-state index contributed by atoms with van der Waals surface area (Å²) in [5.74, 6) is -1.99. The van der Waals surface area contributed by atoms with E-state index in [9.17, 15) is 19.2 Å². The topological polar surface area (TPSA) is 117 Å². The number of amides is 1. The molecular formula is C27H37NO8. The maximum atomic E-state index is 12.7. The van der Waals surface area contributed by atoms with Gasteiger partial charge in [0.25, 0.3) is 0 Å². The van der Waals surface area contributed by atoms with E-state index in [0.29, 0.717) is 11.3 Å². The molecule has 1 N–H and O–H groups in total. The van der Waals surface area contributed by atoms with Crippen LogP contribution in [0.5, 0.6) is 5.75 Å². The van der Waals surface area contributed by atoms with Gasteiger partial charge in [-0.15, -0.1) is 0 Å². The molecule has 0 spiro atoms. The number of esters is 3. The van der Waals surface area contributed by atoms with E-state index in [1.165, 1.54) is 20.3 Å². The highest BCUT2D eigenvalue weighted by atomic mass is 16.6. The largest absolute Gasteiger partial charge is 0.497 e. The van der Waals surface area contributed by atoms with Crippen molar-refractivity contribution in [2.24, 2.45) is 0 Å². The average molecular weight is 504 g/mol. The zero-order chi connectivity index (χ0) is 26.5. The van der Waals surface area contributed by atoms with E-state index in [-0.39, 0.29) is 24.7 Å². The Labute approximate surface area is 212 Å². The first kappa shape index (κ1) is 28.9. The van der Waals surface area contributed by atoms with Crippen LogP contribution in [0.3, 0.4) is 0 Å². The molecule has 1 saturated carbocycles. The van der Waals surface area contributed by atoms with Crippen molar-refractivity contribution in [3.63, 3.8) is 0 Å². The van der Waals surface area contributed by atoms with Gasteiger partial charge in [-0.3, -0.25) is 9.59 Å². The predicted molar refractivity (Wildman–Crippen MR) is 132 cm³/mol. The number of carbonyl (C=O) groups is 4. The van der Waals surface area contributed by atoms with Crippen molar-refractivity contribution < 1.29 is 38.1 Å². The molecule has 2 rings (SSSR count). The highest BCUT2D eigenvalue weighted by Crippen LogP contribution is 2.20. The fraction of sp³-hybridized carbons (Fsp3) is 0.556. The summed E-state index contributed by atoms with van der Waals surface area (Å²) < 4.78 is 21.3. The minimum Gasteiger partial charge on any atom is -0.497 e. The molecule has 0 heterocycles. The number of carbonyl (C=O) groups excluding carboxylic acids is 4. The van der Waals surface area contributed by atoms with Crippen LogP contribution in [-0.2, 0) is 40.0 Å². The van der Waals surface area contributed by atoms with E-state index in [4.69, 9.17) is 18.9 Å². The molecular weight excluding hydrogens is 466 g/mol. The van der Waals surface area contributed by atoms with Crippen molar-refractivity contribution in [3.8, 4) is 5.75 Å². The lowest BCUT2D eigenvalue weighted by Gasteiger charge is -2.24. The third-order valence-electron chi connectivity index (χ3n) is 5.91. The van der Waals surface area contributed by atoms with Gasteiger partial charge in [-0.05, 0) is 50.3 Å². The number of hydrogen-bond acceptors (Lipinski definition) is 8. The highest BCUT2D eigenvalue weighted by molar-refractivity contribution is 5.93. The Morgan fingerprint density at radius 2 is 1.64 bits per heavy atom. The molecule has 36 heavy (non-hydrogen) atoms. The van der Waals surface area contributed by atoms with Crippen LogP contribution in [0, 0.1) is 0 Å². The van der Waals surface area contributed by atoms with Gasteiger partial charge in [-0.1, -0.05) is 38.0 Å². The molecule has 9 heteroatoms. The van der Waals surface area contributed by atoms with Gasteiger partial charge < -0.3 is 24.3 Å². The molecule has 198 valence electrons. The van der Waals surface area contributed by atoms with Crippen molar-refractivity contribution in [3.05, 3.63) is 42.0 Å². The molecule has 1 aromatic carbocycles. The number of nitrogens with one attached hydrogen (secondary N) is 1. The molecule has 0 bridgehead atoms. The summed E-state index contributed by atoms with van der Waals surface area (Å²) in [6.07, 6.45) is 5.59. The van der Waals surface area contributed by atoms with Gasteiger partial charge in [0.15, 0.2) is 6.04 Å². The Balaban J connectivity index is 1.88. The summed E-state index contributed by atoms with van der Waals surface area (Å²) >= 11 is 0. The van der Waals surface area contributed by atoms with Gasteiger partial charge in [0, 0.05) is 12.5 Å². The Morgan fingerprint density at radius 1 is 1.03 bits per heavy atom. The van der Waals surface area contributed by atoms with Crippen LogP contribution in [-0.4, -0.2) is 49.2 Å². The first-order chi connectivity index (χ1) is 17.2. The molecule has 9 nitrogen and oxygen atoms in total. The van der Waals surface area contributed by atoms with E-state index < -0.39 is 36.0 Å². The van der Waals surface area contributed by atoms with E-state index in [1.54, 1.807) is 31.4 Å². The summed E-state index contributed by atoms with van der Waals surface area (Å²) in [6, 6.07) is 5.70. The first-order valence-electron chi connectivity index (χ1n) is 12.3. The lowest BCUT2D eigenvalue weighted by Crippen LogP contribution is -2.49. The van der Waals surface area contributed by atoms with Gasteiger partial charge in [0.05, 0.1) is 13.5 Å². The molecule has 1 fully saturated rings. The molecule has 1 aromatic rings. The lowest BCUT2D eigenvalue weighted by molar-refractivity contribution is -0.159. The molecule has 0 saturated heterocycles. The third-order valence-corrected chi connectivity index (χ3v) is 5.91. The molecule has 1 aliphatic rings. The van der Waals surface area contributed by atoms with Crippen molar-refractivity contribution in [1.82, 2.24) is 5.32 Å². The summed E-state index contributed by atoms with van der Waals surface area (Å²) in [7, 11) is 1.55. The highest BCUT2D eigenvalue weighted by Gasteiger charge is 2.31. The molecule has 0 radical (unpaired) electrons. The standard InChI is InChI=1S/C27H37NO8/c1-18(16-24(30)36-23-10-8-6-5-7-9-11-23)26(31)35-19(2)25(28-20(3)29)27(32)34-17-21-12-14-22(33-4)15-13-21/h12-15,19,23,25H,1,5-11,16-17H2,2-4H3,(H,28,29). The van der Waals surface area contributed by atoms with Gasteiger partial charge in [-0.25, -0.2) is 9.59 Å². The van der Waals surface area contributed by atoms with Crippen LogP contribution < -0.4 is 10.1 Å². The van der Waals surface area contributed by atoms with Crippen LogP contribution in [0.25, 0.3) is 0 Å². The normalized spacial score (nSPS) is 15.9. The predicted octanol–water partition coefficient (Wildman–Crippen LogP) is 3.78. The Kier molecular flexibility index (Phi) is 12.0. The Bertz CT molecular complexity index is 903. The average Bonchev–Trinajstić information content (AvgIpc) is 2.82. The van der Waals surface area contributed by atoms with E-state index >= 15 is 0 Å². The molecule has 1 aliphatic carbocycles. The SMILES string of the molecule is C=C(CC(=O)OC1CCCCCCC1)C(=O)OC(C)C(NC(C)=O)C(=O)OCc1ccc(OC)cc1. The first-order valence-corrected chi connectivity index (χ1v) is 12.3. The van der Waals surface area contributed by atoms with Gasteiger partial charge >= 0.3 is 17.9 Å². The quantitative estimate of drug-likeness (QED) is 0.275. The second-order valence-corrected chi connectivity index (χ2v) is 8.98. The number of rotatable bonds is 11. The monoisotopic (exact) mass is 503 g/mol. The van der Waals surface area contributed by atoms with Crippen LogP contribution >= 0.6 is 0 Å². The van der Waals surface area contributed by atoms with Gasteiger partial charge in [0.1, 0.15) is 24.6 Å². The minimum absolute atomic E-state index is 0.0424. The Morgan fingerprint density at radius 3 is 2.22 bits per heavy atom. The van der Waals surface area contributed by atoms with Gasteiger partial charge in [-0.2, -0.15) is 0 Å². The number of methoxy groups -OCH3 is 1. The van der Waals surface area contributed by atoms with Crippen LogP contribution in [0.1, 0.15) is 70.8 Å². The maximum absolute atomic E-state index is 12.7. The summed E-state index contributed by atoms with van der Waals surface area (Å²) in [6.45, 7) is 6.29. The van der Waals surface area contributed by atoms with Crippen molar-refractivity contribution in [2.45, 2.75) is 90.1 Å².